The van der Waals surface area contributed by atoms with Crippen molar-refractivity contribution in [2.24, 2.45) is 23.5 Å². The predicted octanol–water partition coefficient (Wildman–Crippen LogP) is 1.66. The molecule has 2 fully saturated rings. The summed E-state index contributed by atoms with van der Waals surface area (Å²) in [5, 5.41) is 3.16. The van der Waals surface area contributed by atoms with Crippen LogP contribution in [0.5, 0.6) is 0 Å². The topological polar surface area (TPSA) is 55.1 Å². The summed E-state index contributed by atoms with van der Waals surface area (Å²) in [5.74, 6) is 1.94. The van der Waals surface area contributed by atoms with E-state index in [9.17, 15) is 4.79 Å². The summed E-state index contributed by atoms with van der Waals surface area (Å²) in [6.07, 6.45) is 6.14. The molecule has 0 radical (unpaired) electrons. The number of carbonyl (C=O) groups excluding carboxylic acids is 1. The molecule has 0 saturated heterocycles. The average Bonchev–Trinajstić information content (AvgIpc) is 2.88. The molecule has 0 aliphatic heterocycles. The van der Waals surface area contributed by atoms with E-state index >= 15 is 0 Å². The van der Waals surface area contributed by atoms with Crippen molar-refractivity contribution in [2.75, 3.05) is 0 Å². The number of rotatable bonds is 4. The molecular formula is C13H24N2O. The minimum Gasteiger partial charge on any atom is -0.352 e. The second kappa shape index (κ2) is 4.74. The number of hydrogen-bond donors (Lipinski definition) is 2. The molecular weight excluding hydrogens is 200 g/mol. The van der Waals surface area contributed by atoms with Gasteiger partial charge < -0.3 is 11.1 Å². The van der Waals surface area contributed by atoms with Crippen LogP contribution in [0.25, 0.3) is 0 Å². The molecule has 5 atom stereocenters. The molecule has 2 aliphatic carbocycles. The summed E-state index contributed by atoms with van der Waals surface area (Å²) >= 11 is 0. The van der Waals surface area contributed by atoms with Gasteiger partial charge in [0.1, 0.15) is 0 Å². The van der Waals surface area contributed by atoms with Crippen molar-refractivity contribution in [1.29, 1.82) is 0 Å². The highest BCUT2D eigenvalue weighted by molar-refractivity contribution is 5.82. The SMILES string of the molecule is CCC(C)[C@H](N)C(=O)NC1CC2CCC1C2. The predicted molar refractivity (Wildman–Crippen MR) is 64.8 cm³/mol. The van der Waals surface area contributed by atoms with Gasteiger partial charge in [-0.15, -0.1) is 0 Å². The molecule has 0 spiro atoms. The van der Waals surface area contributed by atoms with Crippen LogP contribution >= 0.6 is 0 Å². The van der Waals surface area contributed by atoms with E-state index < -0.39 is 0 Å². The minimum atomic E-state index is -0.330. The molecule has 3 heteroatoms. The second-order valence-electron chi connectivity index (χ2n) is 5.70. The molecule has 0 aromatic carbocycles. The fraction of sp³-hybridized carbons (Fsp3) is 0.923. The van der Waals surface area contributed by atoms with E-state index in [1.165, 1.54) is 25.7 Å². The Balaban J connectivity index is 1.83. The zero-order chi connectivity index (χ0) is 11.7. The Bertz CT molecular complexity index is 267. The first-order valence-electron chi connectivity index (χ1n) is 6.67. The number of amides is 1. The van der Waals surface area contributed by atoms with Gasteiger partial charge in [-0.25, -0.2) is 0 Å². The number of nitrogens with two attached hydrogens (primary N) is 1. The summed E-state index contributed by atoms with van der Waals surface area (Å²) in [7, 11) is 0. The summed E-state index contributed by atoms with van der Waals surface area (Å²) in [6, 6.07) is 0.0884. The zero-order valence-electron chi connectivity index (χ0n) is 10.4. The highest BCUT2D eigenvalue weighted by Crippen LogP contribution is 2.44. The summed E-state index contributed by atoms with van der Waals surface area (Å²) < 4.78 is 0. The molecule has 3 nitrogen and oxygen atoms in total. The van der Waals surface area contributed by atoms with Crippen LogP contribution in [-0.4, -0.2) is 18.0 Å². The van der Waals surface area contributed by atoms with Gasteiger partial charge in [0.05, 0.1) is 6.04 Å². The second-order valence-corrected chi connectivity index (χ2v) is 5.70. The van der Waals surface area contributed by atoms with Gasteiger partial charge in [-0.05, 0) is 37.0 Å². The molecule has 2 bridgehead atoms. The van der Waals surface area contributed by atoms with E-state index in [2.05, 4.69) is 12.2 Å². The summed E-state index contributed by atoms with van der Waals surface area (Å²) in [4.78, 5) is 11.9. The van der Waals surface area contributed by atoms with Gasteiger partial charge in [-0.1, -0.05) is 26.7 Å². The van der Waals surface area contributed by atoms with Crippen LogP contribution in [0.2, 0.25) is 0 Å². The van der Waals surface area contributed by atoms with Crippen LogP contribution in [-0.2, 0) is 4.79 Å². The zero-order valence-corrected chi connectivity index (χ0v) is 10.4. The van der Waals surface area contributed by atoms with E-state index in [1.54, 1.807) is 0 Å². The van der Waals surface area contributed by atoms with Gasteiger partial charge in [0, 0.05) is 6.04 Å². The van der Waals surface area contributed by atoms with E-state index in [-0.39, 0.29) is 17.9 Å². The van der Waals surface area contributed by atoms with Gasteiger partial charge >= 0.3 is 0 Å². The Kier molecular flexibility index (Phi) is 3.53. The lowest BCUT2D eigenvalue weighted by Gasteiger charge is -2.26. The smallest absolute Gasteiger partial charge is 0.237 e. The van der Waals surface area contributed by atoms with Gasteiger partial charge in [0.2, 0.25) is 5.91 Å². The lowest BCUT2D eigenvalue weighted by atomic mass is 9.94. The third-order valence-corrected chi connectivity index (χ3v) is 4.63. The molecule has 0 aromatic rings. The fourth-order valence-electron chi connectivity index (χ4n) is 3.21. The van der Waals surface area contributed by atoms with Crippen molar-refractivity contribution < 1.29 is 4.79 Å². The normalized spacial score (nSPS) is 36.1. The molecule has 16 heavy (non-hydrogen) atoms. The van der Waals surface area contributed by atoms with Crippen LogP contribution in [0, 0.1) is 17.8 Å². The maximum absolute atomic E-state index is 11.9. The van der Waals surface area contributed by atoms with Gasteiger partial charge in [-0.2, -0.15) is 0 Å². The van der Waals surface area contributed by atoms with Crippen molar-refractivity contribution in [3.8, 4) is 0 Å². The highest BCUT2D eigenvalue weighted by atomic mass is 16.2. The molecule has 0 aromatic heterocycles. The maximum atomic E-state index is 11.9. The van der Waals surface area contributed by atoms with Crippen LogP contribution < -0.4 is 11.1 Å². The van der Waals surface area contributed by atoms with Gasteiger partial charge in [0.15, 0.2) is 0 Å². The van der Waals surface area contributed by atoms with Crippen LogP contribution in [0.3, 0.4) is 0 Å². The maximum Gasteiger partial charge on any atom is 0.237 e. The van der Waals surface area contributed by atoms with Crippen molar-refractivity contribution >= 4 is 5.91 Å². The number of hydrogen-bond acceptors (Lipinski definition) is 2. The van der Waals surface area contributed by atoms with E-state index in [0.29, 0.717) is 6.04 Å². The van der Waals surface area contributed by atoms with Crippen molar-refractivity contribution in [1.82, 2.24) is 5.32 Å². The lowest BCUT2D eigenvalue weighted by Crippen LogP contribution is -2.49. The fourth-order valence-corrected chi connectivity index (χ4v) is 3.21. The van der Waals surface area contributed by atoms with Crippen LogP contribution in [0.4, 0.5) is 0 Å². The quantitative estimate of drug-likeness (QED) is 0.763. The molecule has 1 amide bonds. The molecule has 4 unspecified atom stereocenters. The molecule has 2 saturated carbocycles. The first-order chi connectivity index (χ1) is 7.61. The van der Waals surface area contributed by atoms with Crippen LogP contribution in [0.15, 0.2) is 0 Å². The Labute approximate surface area is 98.2 Å². The molecule has 2 rings (SSSR count). The Hall–Kier alpha value is -0.570. The Morgan fingerprint density at radius 2 is 2.19 bits per heavy atom. The third-order valence-electron chi connectivity index (χ3n) is 4.63. The highest BCUT2D eigenvalue weighted by Gasteiger charge is 2.40. The van der Waals surface area contributed by atoms with Crippen molar-refractivity contribution in [2.45, 2.75) is 58.0 Å². The Morgan fingerprint density at radius 1 is 1.44 bits per heavy atom. The van der Waals surface area contributed by atoms with E-state index in [0.717, 1.165) is 18.3 Å². The summed E-state index contributed by atoms with van der Waals surface area (Å²) in [6.45, 7) is 4.13. The van der Waals surface area contributed by atoms with Crippen LogP contribution in [0.1, 0.15) is 46.0 Å². The monoisotopic (exact) mass is 224 g/mol. The van der Waals surface area contributed by atoms with Gasteiger partial charge in [0.25, 0.3) is 0 Å². The molecule has 3 N–H and O–H groups in total. The number of fused-ring (bicyclic) bond motifs is 2. The summed E-state index contributed by atoms with van der Waals surface area (Å²) in [5.41, 5.74) is 5.94. The average molecular weight is 224 g/mol. The molecule has 0 heterocycles. The van der Waals surface area contributed by atoms with Crippen molar-refractivity contribution in [3.63, 3.8) is 0 Å². The van der Waals surface area contributed by atoms with Gasteiger partial charge in [-0.3, -0.25) is 4.79 Å². The minimum absolute atomic E-state index is 0.0619. The largest absolute Gasteiger partial charge is 0.352 e. The van der Waals surface area contributed by atoms with E-state index in [4.69, 9.17) is 5.73 Å². The Morgan fingerprint density at radius 3 is 2.69 bits per heavy atom. The van der Waals surface area contributed by atoms with Crippen molar-refractivity contribution in [3.05, 3.63) is 0 Å². The first kappa shape index (κ1) is 11.9. The molecule has 92 valence electrons. The number of nitrogens with one attached hydrogen (secondary N) is 1. The lowest BCUT2D eigenvalue weighted by molar-refractivity contribution is -0.124. The molecule has 2 aliphatic rings. The first-order valence-corrected chi connectivity index (χ1v) is 6.67. The number of carbonyl (C=O) groups is 1. The van der Waals surface area contributed by atoms with E-state index in [1.807, 2.05) is 6.92 Å². The third kappa shape index (κ3) is 2.24. The standard InChI is InChI=1S/C13H24N2O/c1-3-8(2)12(14)13(16)15-11-7-9-4-5-10(11)6-9/h8-12H,3-7,14H2,1-2H3,(H,15,16)/t8?,9?,10?,11?,12-/m0/s1.